The molecule has 0 saturated heterocycles. The van der Waals surface area contributed by atoms with Crippen LogP contribution in [0, 0.1) is 0 Å². The molecule has 0 spiro atoms. The molecule has 1 heterocycles. The maximum atomic E-state index is 12.6. The third kappa shape index (κ3) is 3.06. The Morgan fingerprint density at radius 3 is 2.00 bits per heavy atom. The van der Waals surface area contributed by atoms with Gasteiger partial charge >= 0.3 is 5.97 Å². The lowest BCUT2D eigenvalue weighted by atomic mass is 10.0. The average molecular weight is 323 g/mol. The van der Waals surface area contributed by atoms with Crippen LogP contribution in [0.15, 0.2) is 54.6 Å². The number of carboxylic acids is 1. The Morgan fingerprint density at radius 2 is 1.46 bits per heavy atom. The molecule has 2 amide bonds. The molecule has 0 aliphatic carbocycles. The zero-order valence-corrected chi connectivity index (χ0v) is 13.0. The summed E-state index contributed by atoms with van der Waals surface area (Å²) in [5, 5.41) is 9.18. The Labute approximate surface area is 139 Å². The minimum atomic E-state index is -1.02. The second-order valence-electron chi connectivity index (χ2n) is 5.80. The van der Waals surface area contributed by atoms with E-state index in [9.17, 15) is 19.5 Å². The van der Waals surface area contributed by atoms with Crippen LogP contribution in [-0.2, 0) is 11.2 Å². The first kappa shape index (κ1) is 15.9. The van der Waals surface area contributed by atoms with Crippen molar-refractivity contribution in [3.63, 3.8) is 0 Å². The van der Waals surface area contributed by atoms with E-state index in [0.717, 1.165) is 10.5 Å². The fourth-order valence-corrected chi connectivity index (χ4v) is 3.04. The van der Waals surface area contributed by atoms with E-state index in [-0.39, 0.29) is 6.42 Å². The molecule has 5 nitrogen and oxygen atoms in total. The Balaban J connectivity index is 1.83. The summed E-state index contributed by atoms with van der Waals surface area (Å²) in [5.74, 6) is -1.84. The Hall–Kier alpha value is -2.95. The van der Waals surface area contributed by atoms with Gasteiger partial charge in [0, 0.05) is 0 Å². The number of hydrogen-bond acceptors (Lipinski definition) is 3. The number of hydrogen-bond donors (Lipinski definition) is 1. The third-order valence-electron chi connectivity index (χ3n) is 4.21. The van der Waals surface area contributed by atoms with Crippen molar-refractivity contribution in [2.75, 3.05) is 0 Å². The van der Waals surface area contributed by atoms with Gasteiger partial charge in [0.2, 0.25) is 0 Å². The second kappa shape index (κ2) is 6.66. The number of aryl methyl sites for hydroxylation is 1. The monoisotopic (exact) mass is 323 g/mol. The van der Waals surface area contributed by atoms with Crippen molar-refractivity contribution in [1.82, 2.24) is 4.90 Å². The van der Waals surface area contributed by atoms with Crippen LogP contribution in [0.2, 0.25) is 0 Å². The van der Waals surface area contributed by atoms with E-state index in [1.54, 1.807) is 24.3 Å². The molecule has 122 valence electrons. The molecule has 0 fully saturated rings. The molecule has 0 bridgehead atoms. The van der Waals surface area contributed by atoms with Gasteiger partial charge in [-0.3, -0.25) is 19.3 Å². The quantitative estimate of drug-likeness (QED) is 0.830. The van der Waals surface area contributed by atoms with Crippen LogP contribution in [0.1, 0.15) is 39.1 Å². The van der Waals surface area contributed by atoms with Crippen molar-refractivity contribution in [3.8, 4) is 0 Å². The zero-order valence-electron chi connectivity index (χ0n) is 13.0. The van der Waals surface area contributed by atoms with Gasteiger partial charge in [-0.25, -0.2) is 0 Å². The molecule has 0 unspecified atom stereocenters. The third-order valence-corrected chi connectivity index (χ3v) is 4.21. The minimum absolute atomic E-state index is 0.252. The molecule has 1 N–H and O–H groups in total. The van der Waals surface area contributed by atoms with Gasteiger partial charge in [0.15, 0.2) is 0 Å². The van der Waals surface area contributed by atoms with Crippen LogP contribution in [0.5, 0.6) is 0 Å². The Morgan fingerprint density at radius 1 is 0.917 bits per heavy atom. The molecule has 2 aromatic rings. The first-order valence-corrected chi connectivity index (χ1v) is 7.80. The largest absolute Gasteiger partial charge is 0.481 e. The summed E-state index contributed by atoms with van der Waals surface area (Å²) < 4.78 is 0. The van der Waals surface area contributed by atoms with Crippen molar-refractivity contribution >= 4 is 17.8 Å². The van der Waals surface area contributed by atoms with Crippen LogP contribution >= 0.6 is 0 Å². The number of carbonyl (C=O) groups is 3. The first-order chi connectivity index (χ1) is 11.6. The van der Waals surface area contributed by atoms with Crippen LogP contribution < -0.4 is 0 Å². The molecule has 0 aromatic heterocycles. The Kier molecular flexibility index (Phi) is 4.42. The lowest BCUT2D eigenvalue weighted by Gasteiger charge is -2.25. The van der Waals surface area contributed by atoms with Crippen LogP contribution in [0.4, 0.5) is 0 Å². The Bertz CT molecular complexity index is 750. The number of carboxylic acid groups (broad SMARTS) is 1. The van der Waals surface area contributed by atoms with Gasteiger partial charge in [-0.1, -0.05) is 42.5 Å². The predicted molar refractivity (Wildman–Crippen MR) is 87.7 cm³/mol. The minimum Gasteiger partial charge on any atom is -0.481 e. The molecule has 24 heavy (non-hydrogen) atoms. The molecule has 2 aromatic carbocycles. The summed E-state index contributed by atoms with van der Waals surface area (Å²) in [6.45, 7) is 0. The van der Waals surface area contributed by atoms with E-state index in [1.165, 1.54) is 0 Å². The van der Waals surface area contributed by atoms with Gasteiger partial charge in [-0.05, 0) is 30.5 Å². The molecule has 3 rings (SSSR count). The number of aliphatic carboxylic acids is 1. The fourth-order valence-electron chi connectivity index (χ4n) is 3.04. The summed E-state index contributed by atoms with van der Waals surface area (Å²) in [7, 11) is 0. The number of imide groups is 1. The first-order valence-electron chi connectivity index (χ1n) is 7.80. The van der Waals surface area contributed by atoms with Crippen molar-refractivity contribution in [2.24, 2.45) is 0 Å². The van der Waals surface area contributed by atoms with Crippen LogP contribution in [0.3, 0.4) is 0 Å². The van der Waals surface area contributed by atoms with Gasteiger partial charge in [0.1, 0.15) is 0 Å². The molecular weight excluding hydrogens is 306 g/mol. The molecule has 5 heteroatoms. The van der Waals surface area contributed by atoms with E-state index in [0.29, 0.717) is 24.0 Å². The van der Waals surface area contributed by atoms with Gasteiger partial charge in [-0.15, -0.1) is 0 Å². The standard InChI is InChI=1S/C19H17NO4/c21-17(22)12-14(11-10-13-6-2-1-3-7-13)20-18(23)15-8-4-5-9-16(15)19(20)24/h1-9,14H,10-12H2,(H,21,22)/t14-/m0/s1. The molecular formula is C19H17NO4. The number of carbonyl (C=O) groups excluding carboxylic acids is 2. The summed E-state index contributed by atoms with van der Waals surface area (Å²) >= 11 is 0. The summed E-state index contributed by atoms with van der Waals surface area (Å²) in [6.07, 6.45) is 0.770. The summed E-state index contributed by atoms with van der Waals surface area (Å²) in [6, 6.07) is 15.5. The predicted octanol–water partition coefficient (Wildman–Crippen LogP) is 2.76. The highest BCUT2D eigenvalue weighted by molar-refractivity contribution is 6.21. The van der Waals surface area contributed by atoms with E-state index < -0.39 is 23.8 Å². The molecule has 0 saturated carbocycles. The summed E-state index contributed by atoms with van der Waals surface area (Å²) in [4.78, 5) is 37.4. The van der Waals surface area contributed by atoms with Crippen molar-refractivity contribution < 1.29 is 19.5 Å². The fraction of sp³-hybridized carbons (Fsp3) is 0.211. The highest BCUT2D eigenvalue weighted by atomic mass is 16.4. The normalized spacial score (nSPS) is 14.6. The lowest BCUT2D eigenvalue weighted by Crippen LogP contribution is -2.41. The molecule has 1 aliphatic heterocycles. The van der Waals surface area contributed by atoms with Crippen LogP contribution in [-0.4, -0.2) is 33.8 Å². The van der Waals surface area contributed by atoms with Gasteiger partial charge in [0.05, 0.1) is 23.6 Å². The number of rotatable bonds is 6. The van der Waals surface area contributed by atoms with Crippen molar-refractivity contribution in [1.29, 1.82) is 0 Å². The van der Waals surface area contributed by atoms with E-state index >= 15 is 0 Å². The van der Waals surface area contributed by atoms with Crippen molar-refractivity contribution in [3.05, 3.63) is 71.3 Å². The maximum Gasteiger partial charge on any atom is 0.305 e. The van der Waals surface area contributed by atoms with E-state index in [4.69, 9.17) is 0 Å². The number of nitrogens with zero attached hydrogens (tertiary/aromatic N) is 1. The topological polar surface area (TPSA) is 74.7 Å². The highest BCUT2D eigenvalue weighted by Gasteiger charge is 2.40. The molecule has 1 aliphatic rings. The smallest absolute Gasteiger partial charge is 0.305 e. The van der Waals surface area contributed by atoms with Crippen LogP contribution in [0.25, 0.3) is 0 Å². The zero-order chi connectivity index (χ0) is 17.1. The number of fused-ring (bicyclic) bond motifs is 1. The van der Waals surface area contributed by atoms with Crippen molar-refractivity contribution in [2.45, 2.75) is 25.3 Å². The second-order valence-corrected chi connectivity index (χ2v) is 5.80. The van der Waals surface area contributed by atoms with Gasteiger partial charge in [-0.2, -0.15) is 0 Å². The van der Waals surface area contributed by atoms with Gasteiger partial charge < -0.3 is 5.11 Å². The lowest BCUT2D eigenvalue weighted by molar-refractivity contribution is -0.138. The molecule has 0 radical (unpaired) electrons. The number of amides is 2. The maximum absolute atomic E-state index is 12.6. The SMILES string of the molecule is O=C(O)C[C@H](CCc1ccccc1)N1C(=O)c2ccccc2C1=O. The number of benzene rings is 2. The van der Waals surface area contributed by atoms with E-state index in [2.05, 4.69) is 0 Å². The molecule has 1 atom stereocenters. The average Bonchev–Trinajstić information content (AvgIpc) is 2.84. The van der Waals surface area contributed by atoms with E-state index in [1.807, 2.05) is 30.3 Å². The summed E-state index contributed by atoms with van der Waals surface area (Å²) in [5.41, 5.74) is 1.74. The van der Waals surface area contributed by atoms with Gasteiger partial charge in [0.25, 0.3) is 11.8 Å². The highest BCUT2D eigenvalue weighted by Crippen LogP contribution is 2.27.